The molecule has 4 rings (SSSR count). The van der Waals surface area contributed by atoms with Crippen molar-refractivity contribution in [2.45, 2.75) is 51.5 Å². The Labute approximate surface area is 105 Å². The fourth-order valence-corrected chi connectivity index (χ4v) is 5.02. The van der Waals surface area contributed by atoms with Gasteiger partial charge in [0.2, 0.25) is 0 Å². The number of hydrogen-bond donors (Lipinski definition) is 2. The van der Waals surface area contributed by atoms with Crippen molar-refractivity contribution in [3.8, 4) is 0 Å². The molecule has 17 heavy (non-hydrogen) atoms. The number of aliphatic hydroxyl groups excluding tert-OH is 1. The van der Waals surface area contributed by atoms with Crippen LogP contribution in [0.2, 0.25) is 0 Å². The SMILES string of the molecule is CC(C)CNC1(CO)C2CC3CC(C2)CC1C3. The molecular formula is C15H27NO. The van der Waals surface area contributed by atoms with Crippen molar-refractivity contribution in [1.29, 1.82) is 0 Å². The molecule has 4 fully saturated rings. The fourth-order valence-electron chi connectivity index (χ4n) is 5.02. The second kappa shape index (κ2) is 4.24. The van der Waals surface area contributed by atoms with Crippen LogP contribution in [0.4, 0.5) is 0 Å². The number of nitrogens with one attached hydrogen (secondary N) is 1. The average molecular weight is 237 g/mol. The van der Waals surface area contributed by atoms with Gasteiger partial charge in [-0.2, -0.15) is 0 Å². The highest BCUT2D eigenvalue weighted by molar-refractivity contribution is 5.11. The molecule has 4 aliphatic rings. The molecule has 0 saturated heterocycles. The monoisotopic (exact) mass is 237 g/mol. The van der Waals surface area contributed by atoms with Crippen molar-refractivity contribution in [2.75, 3.05) is 13.2 Å². The lowest BCUT2D eigenvalue weighted by molar-refractivity contribution is -0.0959. The third-order valence-electron chi connectivity index (χ3n) is 5.70. The van der Waals surface area contributed by atoms with Crippen LogP contribution in [0.25, 0.3) is 0 Å². The van der Waals surface area contributed by atoms with Crippen molar-refractivity contribution in [1.82, 2.24) is 5.32 Å². The lowest BCUT2D eigenvalue weighted by Crippen LogP contribution is -2.67. The fraction of sp³-hybridized carbons (Fsp3) is 1.00. The topological polar surface area (TPSA) is 32.3 Å². The molecular weight excluding hydrogens is 210 g/mol. The Balaban J connectivity index is 1.79. The highest BCUT2D eigenvalue weighted by atomic mass is 16.3. The molecule has 2 N–H and O–H groups in total. The summed E-state index contributed by atoms with van der Waals surface area (Å²) in [6.45, 7) is 5.93. The van der Waals surface area contributed by atoms with Gasteiger partial charge in [0.15, 0.2) is 0 Å². The van der Waals surface area contributed by atoms with Crippen molar-refractivity contribution >= 4 is 0 Å². The molecule has 0 aliphatic heterocycles. The average Bonchev–Trinajstić information content (AvgIpc) is 2.28. The maximum absolute atomic E-state index is 10.00. The Kier molecular flexibility index (Phi) is 2.99. The van der Waals surface area contributed by atoms with E-state index >= 15 is 0 Å². The van der Waals surface area contributed by atoms with E-state index in [0.717, 1.165) is 30.2 Å². The Morgan fingerprint density at radius 2 is 1.59 bits per heavy atom. The maximum Gasteiger partial charge on any atom is 0.0618 e. The predicted molar refractivity (Wildman–Crippen MR) is 69.7 cm³/mol. The summed E-state index contributed by atoms with van der Waals surface area (Å²) < 4.78 is 0. The molecule has 2 nitrogen and oxygen atoms in total. The second-order valence-corrected chi connectivity index (χ2v) is 7.28. The van der Waals surface area contributed by atoms with E-state index in [1.54, 1.807) is 0 Å². The second-order valence-electron chi connectivity index (χ2n) is 7.28. The first kappa shape index (κ1) is 12.0. The van der Waals surface area contributed by atoms with E-state index in [1.807, 2.05) is 0 Å². The van der Waals surface area contributed by atoms with Crippen molar-refractivity contribution < 1.29 is 5.11 Å². The van der Waals surface area contributed by atoms with Gasteiger partial charge in [-0.1, -0.05) is 13.8 Å². The van der Waals surface area contributed by atoms with Crippen LogP contribution >= 0.6 is 0 Å². The summed E-state index contributed by atoms with van der Waals surface area (Å²) in [4.78, 5) is 0. The smallest absolute Gasteiger partial charge is 0.0618 e. The summed E-state index contributed by atoms with van der Waals surface area (Å²) in [6, 6.07) is 0. The third-order valence-corrected chi connectivity index (χ3v) is 5.70. The molecule has 0 heterocycles. The lowest BCUT2D eigenvalue weighted by atomic mass is 9.48. The highest BCUT2D eigenvalue weighted by Gasteiger charge is 2.56. The van der Waals surface area contributed by atoms with Crippen molar-refractivity contribution in [3.63, 3.8) is 0 Å². The van der Waals surface area contributed by atoms with Gasteiger partial charge in [0.1, 0.15) is 0 Å². The van der Waals surface area contributed by atoms with Gasteiger partial charge >= 0.3 is 0 Å². The molecule has 4 bridgehead atoms. The first-order chi connectivity index (χ1) is 8.14. The molecule has 98 valence electrons. The van der Waals surface area contributed by atoms with Gasteiger partial charge in [0.25, 0.3) is 0 Å². The zero-order valence-corrected chi connectivity index (χ0v) is 11.3. The Morgan fingerprint density at radius 3 is 2.00 bits per heavy atom. The zero-order valence-electron chi connectivity index (χ0n) is 11.3. The normalized spacial score (nSPS) is 48.0. The van der Waals surface area contributed by atoms with E-state index in [1.165, 1.54) is 32.1 Å². The molecule has 0 atom stereocenters. The van der Waals surface area contributed by atoms with Crippen LogP contribution < -0.4 is 5.32 Å². The van der Waals surface area contributed by atoms with Gasteiger partial charge < -0.3 is 10.4 Å². The van der Waals surface area contributed by atoms with E-state index in [9.17, 15) is 5.11 Å². The largest absolute Gasteiger partial charge is 0.394 e. The van der Waals surface area contributed by atoms with Crippen LogP contribution in [0.5, 0.6) is 0 Å². The summed E-state index contributed by atoms with van der Waals surface area (Å²) >= 11 is 0. The van der Waals surface area contributed by atoms with Crippen LogP contribution in [0, 0.1) is 29.6 Å². The van der Waals surface area contributed by atoms with Crippen LogP contribution in [0.15, 0.2) is 0 Å². The quantitative estimate of drug-likeness (QED) is 0.787. The molecule has 2 heteroatoms. The molecule has 0 unspecified atom stereocenters. The van der Waals surface area contributed by atoms with Crippen LogP contribution in [-0.4, -0.2) is 23.8 Å². The van der Waals surface area contributed by atoms with E-state index in [2.05, 4.69) is 19.2 Å². The first-order valence-corrected chi connectivity index (χ1v) is 7.50. The number of aliphatic hydroxyl groups is 1. The molecule has 0 spiro atoms. The van der Waals surface area contributed by atoms with E-state index < -0.39 is 0 Å². The minimum absolute atomic E-state index is 0.0810. The number of rotatable bonds is 4. The predicted octanol–water partition coefficient (Wildman–Crippen LogP) is 2.42. The molecule has 0 aromatic carbocycles. The molecule has 0 aromatic rings. The van der Waals surface area contributed by atoms with Crippen LogP contribution in [0.3, 0.4) is 0 Å². The van der Waals surface area contributed by atoms with Gasteiger partial charge in [0.05, 0.1) is 6.61 Å². The summed E-state index contributed by atoms with van der Waals surface area (Å²) in [6.07, 6.45) is 6.98. The Hall–Kier alpha value is -0.0800. The number of hydrogen-bond acceptors (Lipinski definition) is 2. The lowest BCUT2D eigenvalue weighted by Gasteiger charge is -2.61. The molecule has 4 saturated carbocycles. The van der Waals surface area contributed by atoms with E-state index in [0.29, 0.717) is 12.5 Å². The standard InChI is InChI=1S/C15H27NO/c1-10(2)8-16-15(9-17)13-4-11-3-12(6-13)7-14(15)5-11/h10-14,16-17H,3-9H2,1-2H3. The Morgan fingerprint density at radius 1 is 1.06 bits per heavy atom. The van der Waals surface area contributed by atoms with E-state index in [-0.39, 0.29) is 5.54 Å². The summed E-state index contributed by atoms with van der Waals surface area (Å²) in [5, 5.41) is 13.8. The summed E-state index contributed by atoms with van der Waals surface area (Å²) in [5.41, 5.74) is 0.0810. The molecule has 0 radical (unpaired) electrons. The first-order valence-electron chi connectivity index (χ1n) is 7.50. The minimum Gasteiger partial charge on any atom is -0.394 e. The summed E-state index contributed by atoms with van der Waals surface area (Å²) in [7, 11) is 0. The third kappa shape index (κ3) is 1.84. The van der Waals surface area contributed by atoms with Gasteiger partial charge in [-0.3, -0.25) is 0 Å². The minimum atomic E-state index is 0.0810. The van der Waals surface area contributed by atoms with Crippen molar-refractivity contribution in [2.24, 2.45) is 29.6 Å². The Bertz CT molecular complexity index is 259. The maximum atomic E-state index is 10.00. The van der Waals surface area contributed by atoms with Gasteiger partial charge in [-0.05, 0) is 68.2 Å². The highest BCUT2D eigenvalue weighted by Crippen LogP contribution is 2.58. The summed E-state index contributed by atoms with van der Waals surface area (Å²) in [5.74, 6) is 4.15. The molecule has 0 amide bonds. The van der Waals surface area contributed by atoms with Crippen LogP contribution in [-0.2, 0) is 0 Å². The van der Waals surface area contributed by atoms with Gasteiger partial charge in [0, 0.05) is 5.54 Å². The van der Waals surface area contributed by atoms with Gasteiger partial charge in [-0.15, -0.1) is 0 Å². The molecule has 4 aliphatic carbocycles. The zero-order chi connectivity index (χ0) is 12.0. The van der Waals surface area contributed by atoms with Crippen LogP contribution in [0.1, 0.15) is 46.0 Å². The molecule has 0 aromatic heterocycles. The van der Waals surface area contributed by atoms with E-state index in [4.69, 9.17) is 0 Å². The van der Waals surface area contributed by atoms with Crippen molar-refractivity contribution in [3.05, 3.63) is 0 Å². The van der Waals surface area contributed by atoms with Gasteiger partial charge in [-0.25, -0.2) is 0 Å².